The average Bonchev–Trinajstić information content (AvgIpc) is 0.811. The standard InChI is InChI=1S/BF3.He.Si/c2-1(3)4;;. The molecule has 0 N–H and O–H groups in total. The molecule has 0 bridgehead atoms. The molecule has 30 valence electrons. The third-order valence-corrected chi connectivity index (χ3v) is 0. The van der Waals surface area contributed by atoms with Crippen LogP contribution < -0.4 is 0 Å². The van der Waals surface area contributed by atoms with E-state index in [4.69, 9.17) is 0 Å². The number of rotatable bonds is 0. The van der Waals surface area contributed by atoms with E-state index in [0.717, 1.165) is 0 Å². The van der Waals surface area contributed by atoms with Crippen LogP contribution in [0.1, 0.15) is 0 Å². The first-order chi connectivity index (χ1) is 1.73. The smallest absolute Gasteiger partial charge is 0.254 e. The summed E-state index contributed by atoms with van der Waals surface area (Å²) in [7, 11) is -3.67. The van der Waals surface area contributed by atoms with E-state index in [1.54, 1.807) is 0 Å². The van der Waals surface area contributed by atoms with Gasteiger partial charge < -0.3 is 0 Å². The summed E-state index contributed by atoms with van der Waals surface area (Å²) in [5.41, 5.74) is 0. The Labute approximate surface area is 38.8 Å². The quantitative estimate of drug-likeness (QED) is 0.389. The average molecular weight is 99.9 g/mol. The van der Waals surface area contributed by atoms with Crippen LogP contribution in [-0.4, -0.2) is 18.5 Å². The van der Waals surface area contributed by atoms with Gasteiger partial charge in [0.05, 0.1) is 0 Å². The van der Waals surface area contributed by atoms with Gasteiger partial charge in [0.2, 0.25) is 0 Å². The summed E-state index contributed by atoms with van der Waals surface area (Å²) in [6, 6.07) is 0. The predicted molar refractivity (Wildman–Crippen MR) is 14.8 cm³/mol. The maximum Gasteiger partial charge on any atom is 0.762 e. The molecule has 0 aromatic heterocycles. The normalized spacial score (nSPS) is 4.50. The summed E-state index contributed by atoms with van der Waals surface area (Å²) in [4.78, 5) is 0. The van der Waals surface area contributed by atoms with Crippen molar-refractivity contribution in [3.8, 4) is 0 Å². The van der Waals surface area contributed by atoms with Crippen molar-refractivity contribution in [2.24, 2.45) is 0 Å². The number of hydrogen-bond donors (Lipinski definition) is 0. The van der Waals surface area contributed by atoms with E-state index >= 15 is 0 Å². The van der Waals surface area contributed by atoms with E-state index in [9.17, 15) is 12.9 Å². The summed E-state index contributed by atoms with van der Waals surface area (Å²) in [5, 5.41) is 0. The summed E-state index contributed by atoms with van der Waals surface area (Å²) >= 11 is 0. The van der Waals surface area contributed by atoms with Gasteiger partial charge in [-0.1, -0.05) is 0 Å². The van der Waals surface area contributed by atoms with E-state index in [1.807, 2.05) is 0 Å². The Bertz CT molecular complexity index is 15.5. The van der Waals surface area contributed by atoms with Crippen LogP contribution in [0.4, 0.5) is 12.9 Å². The van der Waals surface area contributed by atoms with Crippen molar-refractivity contribution in [3.05, 3.63) is 0 Å². The summed E-state index contributed by atoms with van der Waals surface area (Å²) in [5.74, 6) is 0. The SMILES string of the molecule is FB(F)F.[He].[Si]. The molecule has 4 radical (unpaired) electrons. The molecule has 0 saturated heterocycles. The van der Waals surface area contributed by atoms with Crippen LogP contribution >= 0.6 is 0 Å². The Kier molecular flexibility index (Phi) is 24.7. The molecular weight excluding hydrogens is 99.9 g/mol. The molecule has 0 amide bonds. The summed E-state index contributed by atoms with van der Waals surface area (Å²) in [6.45, 7) is 0. The maximum absolute atomic E-state index is 9.67. The molecule has 0 atom stereocenters. The van der Waals surface area contributed by atoms with Crippen molar-refractivity contribution in [1.29, 1.82) is 0 Å². The van der Waals surface area contributed by atoms with Crippen molar-refractivity contribution >= 4 is 18.5 Å². The Hall–Kier alpha value is -0.0191. The van der Waals surface area contributed by atoms with E-state index < -0.39 is 7.54 Å². The zero-order valence-corrected chi connectivity index (χ0v) is 3.92. The van der Waals surface area contributed by atoms with Crippen LogP contribution in [0.2, 0.25) is 0 Å². The Morgan fingerprint density at radius 1 is 1.00 bits per heavy atom. The third-order valence-electron chi connectivity index (χ3n) is 0. The van der Waals surface area contributed by atoms with E-state index in [0.29, 0.717) is 0 Å². The minimum atomic E-state index is -3.67. The number of hydrogen-bond acceptors (Lipinski definition) is 0. The van der Waals surface area contributed by atoms with Gasteiger partial charge in [-0.3, -0.25) is 12.9 Å². The molecule has 0 aliphatic rings. The van der Waals surface area contributed by atoms with Crippen LogP contribution in [0.15, 0.2) is 0 Å². The minimum absolute atomic E-state index is 0. The van der Waals surface area contributed by atoms with Crippen LogP contribution in [0.5, 0.6) is 0 Å². The van der Waals surface area contributed by atoms with Gasteiger partial charge in [-0.2, -0.15) is 0 Å². The topological polar surface area (TPSA) is 0 Å². The maximum atomic E-state index is 9.67. The predicted octanol–water partition coefficient (Wildman–Crippen LogP) is 0.499. The van der Waals surface area contributed by atoms with Crippen LogP contribution in [0, 0.1) is 6.15 Å². The van der Waals surface area contributed by atoms with Crippen molar-refractivity contribution < 1.29 is 19.1 Å². The summed E-state index contributed by atoms with van der Waals surface area (Å²) in [6.07, 6.45) is 0. The van der Waals surface area contributed by atoms with Gasteiger partial charge in [-0.25, -0.2) is 0 Å². The number of halogens is 3. The molecule has 0 fully saturated rings. The zero-order chi connectivity index (χ0) is 3.58. The molecule has 0 nitrogen and oxygen atoms in total. The van der Waals surface area contributed by atoms with Crippen LogP contribution in [0.25, 0.3) is 0 Å². The first-order valence-electron chi connectivity index (χ1n) is 0.655. The van der Waals surface area contributed by atoms with E-state index in [1.165, 1.54) is 0 Å². The van der Waals surface area contributed by atoms with Gasteiger partial charge in [0, 0.05) is 17.1 Å². The first kappa shape index (κ1) is 16.7. The van der Waals surface area contributed by atoms with Crippen molar-refractivity contribution in [2.75, 3.05) is 0 Å². The summed E-state index contributed by atoms with van der Waals surface area (Å²) < 4.78 is 29.0. The Morgan fingerprint density at radius 2 is 1.00 bits per heavy atom. The fourth-order valence-corrected chi connectivity index (χ4v) is 0. The monoisotopic (exact) mass is 100.0 g/mol. The van der Waals surface area contributed by atoms with Crippen LogP contribution in [0.3, 0.4) is 0 Å². The van der Waals surface area contributed by atoms with Gasteiger partial charge >= 0.3 is 7.54 Å². The third kappa shape index (κ3) is 97100. The largest absolute Gasteiger partial charge is 0.762 e. The second kappa shape index (κ2) is 8.88. The Balaban J connectivity index is -0.0000000450. The zero-order valence-electron chi connectivity index (χ0n) is 2.92. The fraction of sp³-hybridized carbons (Fsp3) is 0. The molecule has 0 unspecified atom stereocenters. The van der Waals surface area contributed by atoms with Gasteiger partial charge in [0.25, 0.3) is 0 Å². The molecule has 0 heterocycles. The molecule has 0 aliphatic heterocycles. The molecule has 0 aromatic carbocycles. The van der Waals surface area contributed by atoms with E-state index in [-0.39, 0.29) is 17.1 Å². The molecule has 0 rings (SSSR count). The van der Waals surface area contributed by atoms with Gasteiger partial charge in [-0.05, 0) is 0 Å². The minimum Gasteiger partial charge on any atom is -0.254 e. The molecule has 0 saturated carbocycles. The molecule has 0 spiro atoms. The second-order valence-corrected chi connectivity index (χ2v) is 0.247. The molecular formula is BF3HeSi. The Morgan fingerprint density at radius 3 is 1.00 bits per heavy atom. The molecule has 6 heteroatoms. The van der Waals surface area contributed by atoms with Gasteiger partial charge in [0.1, 0.15) is 0 Å². The fourth-order valence-electron chi connectivity index (χ4n) is 0. The van der Waals surface area contributed by atoms with Gasteiger partial charge in [0.15, 0.2) is 0 Å². The van der Waals surface area contributed by atoms with Crippen molar-refractivity contribution in [3.63, 3.8) is 0 Å². The molecule has 6 heavy (non-hydrogen) atoms. The van der Waals surface area contributed by atoms with E-state index in [2.05, 4.69) is 0 Å². The molecule has 0 aliphatic carbocycles. The first-order valence-corrected chi connectivity index (χ1v) is 0.655. The molecule has 0 aromatic rings. The van der Waals surface area contributed by atoms with Crippen LogP contribution in [-0.2, 0) is 0 Å². The second-order valence-electron chi connectivity index (χ2n) is 0.247. The van der Waals surface area contributed by atoms with Crippen molar-refractivity contribution in [2.45, 2.75) is 0 Å². The van der Waals surface area contributed by atoms with Crippen molar-refractivity contribution in [1.82, 2.24) is 0 Å². The van der Waals surface area contributed by atoms with Gasteiger partial charge in [-0.15, -0.1) is 0 Å².